The summed E-state index contributed by atoms with van der Waals surface area (Å²) in [5.41, 5.74) is 1.37. The van der Waals surface area contributed by atoms with Gasteiger partial charge in [-0.3, -0.25) is 4.79 Å². The van der Waals surface area contributed by atoms with Crippen LogP contribution in [0.15, 0.2) is 11.6 Å². The summed E-state index contributed by atoms with van der Waals surface area (Å²) in [7, 11) is 0. The molecule has 1 heteroatoms. The summed E-state index contributed by atoms with van der Waals surface area (Å²) in [6, 6.07) is 0. The molecule has 1 aliphatic carbocycles. The molecule has 0 aliphatic heterocycles. The summed E-state index contributed by atoms with van der Waals surface area (Å²) in [6.45, 7) is 4.41. The average Bonchev–Trinajstić information content (AvgIpc) is 2.12. The van der Waals surface area contributed by atoms with Crippen LogP contribution in [0, 0.1) is 5.92 Å². The molecule has 0 radical (unpaired) electrons. The summed E-state index contributed by atoms with van der Waals surface area (Å²) in [4.78, 5) is 11.2. The van der Waals surface area contributed by atoms with Crippen LogP contribution in [0.1, 0.15) is 46.0 Å². The lowest BCUT2D eigenvalue weighted by Crippen LogP contribution is -1.94. The molecule has 0 amide bonds. The second-order valence-corrected chi connectivity index (χ2v) is 4.07. The first kappa shape index (κ1) is 9.50. The molecular weight excluding hydrogens is 148 g/mol. The predicted octanol–water partition coefficient (Wildman–Crippen LogP) is 3.10. The van der Waals surface area contributed by atoms with Crippen molar-refractivity contribution in [3.05, 3.63) is 11.6 Å². The van der Waals surface area contributed by atoms with Crippen LogP contribution in [0.3, 0.4) is 0 Å². The summed E-state index contributed by atoms with van der Waals surface area (Å²) in [5, 5.41) is 0. The first-order valence-electron chi connectivity index (χ1n) is 4.91. The Bertz CT molecular complexity index is 189. The van der Waals surface area contributed by atoms with E-state index in [4.69, 9.17) is 0 Å². The van der Waals surface area contributed by atoms with Crippen molar-refractivity contribution >= 4 is 5.78 Å². The third kappa shape index (κ3) is 3.21. The fourth-order valence-corrected chi connectivity index (χ4v) is 1.71. The number of carbonyl (C=O) groups is 1. The second-order valence-electron chi connectivity index (χ2n) is 4.07. The van der Waals surface area contributed by atoms with E-state index in [9.17, 15) is 4.79 Å². The predicted molar refractivity (Wildman–Crippen MR) is 51.0 cm³/mol. The van der Waals surface area contributed by atoms with E-state index in [1.807, 2.05) is 6.08 Å². The molecule has 12 heavy (non-hydrogen) atoms. The fourth-order valence-electron chi connectivity index (χ4n) is 1.71. The van der Waals surface area contributed by atoms with Gasteiger partial charge in [-0.1, -0.05) is 19.4 Å². The Morgan fingerprint density at radius 3 is 2.67 bits per heavy atom. The Labute approximate surface area is 74.9 Å². The molecule has 0 bridgehead atoms. The Morgan fingerprint density at radius 2 is 2.00 bits per heavy atom. The van der Waals surface area contributed by atoms with Gasteiger partial charge in [-0.25, -0.2) is 0 Å². The van der Waals surface area contributed by atoms with Crippen LogP contribution >= 0.6 is 0 Å². The lowest BCUT2D eigenvalue weighted by atomic mass is 9.99. The molecular formula is C11H18O. The largest absolute Gasteiger partial charge is 0.295 e. The van der Waals surface area contributed by atoms with Crippen molar-refractivity contribution < 1.29 is 4.79 Å². The van der Waals surface area contributed by atoms with Gasteiger partial charge in [0.1, 0.15) is 0 Å². The van der Waals surface area contributed by atoms with E-state index in [2.05, 4.69) is 13.8 Å². The van der Waals surface area contributed by atoms with Crippen LogP contribution in [0.25, 0.3) is 0 Å². The fraction of sp³-hybridized carbons (Fsp3) is 0.727. The van der Waals surface area contributed by atoms with E-state index in [-0.39, 0.29) is 0 Å². The standard InChI is InChI=1S/C11H18O/c1-9(2)7-10-5-3-4-6-11(12)8-10/h8-9H,3-7H2,1-2H3. The van der Waals surface area contributed by atoms with Crippen LogP contribution in [0.4, 0.5) is 0 Å². The number of hydrogen-bond acceptors (Lipinski definition) is 1. The van der Waals surface area contributed by atoms with Crippen molar-refractivity contribution in [2.75, 3.05) is 0 Å². The molecule has 1 rings (SSSR count). The molecule has 0 aromatic rings. The van der Waals surface area contributed by atoms with E-state index >= 15 is 0 Å². The molecule has 0 atom stereocenters. The van der Waals surface area contributed by atoms with Crippen LogP contribution < -0.4 is 0 Å². The second kappa shape index (κ2) is 4.44. The van der Waals surface area contributed by atoms with Crippen molar-refractivity contribution in [1.82, 2.24) is 0 Å². The third-order valence-electron chi connectivity index (χ3n) is 2.21. The zero-order valence-electron chi connectivity index (χ0n) is 8.10. The minimum absolute atomic E-state index is 0.336. The SMILES string of the molecule is CC(C)CC1=CC(=O)CCCC1. The van der Waals surface area contributed by atoms with Crippen LogP contribution in [0.2, 0.25) is 0 Å². The van der Waals surface area contributed by atoms with Crippen molar-refractivity contribution in [3.63, 3.8) is 0 Å². The normalized spacial score (nSPS) is 19.2. The van der Waals surface area contributed by atoms with Gasteiger partial charge >= 0.3 is 0 Å². The molecule has 1 nitrogen and oxygen atoms in total. The highest BCUT2D eigenvalue weighted by Gasteiger charge is 2.08. The smallest absolute Gasteiger partial charge is 0.155 e. The maximum Gasteiger partial charge on any atom is 0.155 e. The van der Waals surface area contributed by atoms with E-state index in [1.54, 1.807) is 0 Å². The van der Waals surface area contributed by atoms with Crippen molar-refractivity contribution in [2.24, 2.45) is 5.92 Å². The highest BCUT2D eigenvalue weighted by molar-refractivity contribution is 5.90. The Balaban J connectivity index is 2.54. The third-order valence-corrected chi connectivity index (χ3v) is 2.21. The van der Waals surface area contributed by atoms with E-state index in [1.165, 1.54) is 12.0 Å². The van der Waals surface area contributed by atoms with Gasteiger partial charge in [0.25, 0.3) is 0 Å². The van der Waals surface area contributed by atoms with E-state index in [0.717, 1.165) is 25.7 Å². The Kier molecular flexibility index (Phi) is 3.51. The van der Waals surface area contributed by atoms with Gasteiger partial charge in [0.15, 0.2) is 5.78 Å². The van der Waals surface area contributed by atoms with Gasteiger partial charge in [0.2, 0.25) is 0 Å². The monoisotopic (exact) mass is 166 g/mol. The lowest BCUT2D eigenvalue weighted by molar-refractivity contribution is -0.114. The molecule has 0 saturated carbocycles. The van der Waals surface area contributed by atoms with Gasteiger partial charge in [0.05, 0.1) is 0 Å². The molecule has 0 heterocycles. The zero-order chi connectivity index (χ0) is 8.97. The van der Waals surface area contributed by atoms with Crippen molar-refractivity contribution in [2.45, 2.75) is 46.0 Å². The molecule has 0 fully saturated rings. The number of ketones is 1. The van der Waals surface area contributed by atoms with Gasteiger partial charge in [0, 0.05) is 6.42 Å². The summed E-state index contributed by atoms with van der Waals surface area (Å²) in [5.74, 6) is 1.02. The molecule has 0 unspecified atom stereocenters. The van der Waals surface area contributed by atoms with Crippen LogP contribution in [0.5, 0.6) is 0 Å². The molecule has 0 spiro atoms. The van der Waals surface area contributed by atoms with Crippen molar-refractivity contribution in [3.8, 4) is 0 Å². The Hall–Kier alpha value is -0.590. The zero-order valence-corrected chi connectivity index (χ0v) is 8.10. The van der Waals surface area contributed by atoms with E-state index < -0.39 is 0 Å². The quantitative estimate of drug-likeness (QED) is 0.616. The van der Waals surface area contributed by atoms with Gasteiger partial charge in [-0.15, -0.1) is 0 Å². The van der Waals surface area contributed by atoms with Crippen LogP contribution in [-0.2, 0) is 4.79 Å². The maximum atomic E-state index is 11.2. The highest BCUT2D eigenvalue weighted by Crippen LogP contribution is 2.21. The summed E-state index contributed by atoms with van der Waals surface area (Å²) in [6.07, 6.45) is 7.17. The molecule has 68 valence electrons. The molecule has 0 N–H and O–H groups in total. The number of carbonyl (C=O) groups excluding carboxylic acids is 1. The minimum Gasteiger partial charge on any atom is -0.295 e. The molecule has 0 aromatic carbocycles. The lowest BCUT2D eigenvalue weighted by Gasteiger charge is -2.06. The van der Waals surface area contributed by atoms with Gasteiger partial charge < -0.3 is 0 Å². The van der Waals surface area contributed by atoms with Crippen molar-refractivity contribution in [1.29, 1.82) is 0 Å². The minimum atomic E-state index is 0.336. The number of allylic oxidation sites excluding steroid dienone is 2. The first-order chi connectivity index (χ1) is 5.68. The Morgan fingerprint density at radius 1 is 1.33 bits per heavy atom. The highest BCUT2D eigenvalue weighted by atomic mass is 16.1. The maximum absolute atomic E-state index is 11.2. The average molecular weight is 166 g/mol. The first-order valence-corrected chi connectivity index (χ1v) is 4.91. The van der Waals surface area contributed by atoms with Gasteiger partial charge in [-0.05, 0) is 37.7 Å². The molecule has 0 saturated heterocycles. The number of hydrogen-bond donors (Lipinski definition) is 0. The van der Waals surface area contributed by atoms with Crippen LogP contribution in [-0.4, -0.2) is 5.78 Å². The number of rotatable bonds is 2. The topological polar surface area (TPSA) is 17.1 Å². The van der Waals surface area contributed by atoms with E-state index in [0.29, 0.717) is 11.7 Å². The van der Waals surface area contributed by atoms with Gasteiger partial charge in [-0.2, -0.15) is 0 Å². The summed E-state index contributed by atoms with van der Waals surface area (Å²) < 4.78 is 0. The molecule has 0 aromatic heterocycles. The summed E-state index contributed by atoms with van der Waals surface area (Å²) >= 11 is 0. The molecule has 1 aliphatic rings.